The number of carbonyl (C=O) groups excluding carboxylic acids is 1. The number of rotatable bonds is 4. The van der Waals surface area contributed by atoms with Gasteiger partial charge in [0.1, 0.15) is 6.04 Å². The van der Waals surface area contributed by atoms with Gasteiger partial charge in [-0.05, 0) is 24.6 Å². The zero-order valence-electron chi connectivity index (χ0n) is 9.40. The summed E-state index contributed by atoms with van der Waals surface area (Å²) in [6.07, 6.45) is 0.654. The quantitative estimate of drug-likeness (QED) is 0.828. The van der Waals surface area contributed by atoms with Crippen LogP contribution >= 0.6 is 15.9 Å². The second-order valence-electron chi connectivity index (χ2n) is 3.64. The molecule has 88 valence electrons. The number of hydrogen-bond donors (Lipinski definition) is 2. The summed E-state index contributed by atoms with van der Waals surface area (Å²) in [5.41, 5.74) is 12.7. The van der Waals surface area contributed by atoms with Crippen LogP contribution in [0.15, 0.2) is 22.7 Å². The summed E-state index contributed by atoms with van der Waals surface area (Å²) < 4.78 is 0.911. The van der Waals surface area contributed by atoms with Gasteiger partial charge in [0.15, 0.2) is 0 Å². The van der Waals surface area contributed by atoms with Crippen molar-refractivity contribution in [2.45, 2.75) is 19.4 Å². The number of nitrogen functional groups attached to an aromatic ring is 1. The minimum absolute atomic E-state index is 0.330. The Morgan fingerprint density at radius 3 is 2.62 bits per heavy atom. The van der Waals surface area contributed by atoms with E-state index in [0.29, 0.717) is 12.1 Å². The van der Waals surface area contributed by atoms with Crippen molar-refractivity contribution in [2.24, 2.45) is 5.73 Å². The average molecular weight is 286 g/mol. The van der Waals surface area contributed by atoms with Gasteiger partial charge in [0.05, 0.1) is 11.4 Å². The molecule has 0 spiro atoms. The summed E-state index contributed by atoms with van der Waals surface area (Å²) in [5, 5.41) is 0. The number of primary amides is 1. The maximum atomic E-state index is 11.3. The molecule has 1 aromatic carbocycles. The van der Waals surface area contributed by atoms with Crippen molar-refractivity contribution < 1.29 is 4.79 Å². The zero-order valence-corrected chi connectivity index (χ0v) is 11.0. The molecule has 0 saturated heterocycles. The fourth-order valence-corrected chi connectivity index (χ4v) is 2.06. The van der Waals surface area contributed by atoms with Gasteiger partial charge in [0.25, 0.3) is 0 Å². The average Bonchev–Trinajstić information content (AvgIpc) is 2.17. The van der Waals surface area contributed by atoms with Crippen molar-refractivity contribution in [3.63, 3.8) is 0 Å². The molecule has 0 aliphatic rings. The van der Waals surface area contributed by atoms with Gasteiger partial charge in [-0.25, -0.2) is 0 Å². The van der Waals surface area contributed by atoms with Gasteiger partial charge in [-0.3, -0.25) is 4.79 Å². The fraction of sp³-hybridized carbons (Fsp3) is 0.364. The van der Waals surface area contributed by atoms with Gasteiger partial charge < -0.3 is 16.4 Å². The molecule has 5 heteroatoms. The predicted octanol–water partition coefficient (Wildman–Crippen LogP) is 1.73. The molecular weight excluding hydrogens is 270 g/mol. The first-order valence-corrected chi connectivity index (χ1v) is 5.83. The van der Waals surface area contributed by atoms with Crippen molar-refractivity contribution >= 4 is 33.2 Å². The maximum absolute atomic E-state index is 11.3. The third kappa shape index (κ3) is 2.66. The molecule has 1 aromatic rings. The smallest absolute Gasteiger partial charge is 0.240 e. The van der Waals surface area contributed by atoms with E-state index in [2.05, 4.69) is 15.9 Å². The number of benzene rings is 1. The Morgan fingerprint density at radius 2 is 2.19 bits per heavy atom. The summed E-state index contributed by atoms with van der Waals surface area (Å²) in [6.45, 7) is 1.92. The van der Waals surface area contributed by atoms with E-state index in [1.54, 1.807) is 6.07 Å². The number of amides is 1. The molecule has 4 N–H and O–H groups in total. The lowest BCUT2D eigenvalue weighted by Gasteiger charge is -2.27. The van der Waals surface area contributed by atoms with Crippen molar-refractivity contribution in [1.82, 2.24) is 0 Å². The minimum Gasteiger partial charge on any atom is -0.397 e. The van der Waals surface area contributed by atoms with Crippen LogP contribution in [0.5, 0.6) is 0 Å². The van der Waals surface area contributed by atoms with E-state index < -0.39 is 0 Å². The Kier molecular flexibility index (Phi) is 4.18. The molecule has 0 bridgehead atoms. The van der Waals surface area contributed by atoms with Crippen LogP contribution in [0, 0.1) is 0 Å². The first-order valence-electron chi connectivity index (χ1n) is 5.04. The minimum atomic E-state index is -0.340. The molecule has 0 aromatic heterocycles. The largest absolute Gasteiger partial charge is 0.397 e. The molecule has 0 heterocycles. The molecule has 1 unspecified atom stereocenters. The van der Waals surface area contributed by atoms with Crippen molar-refractivity contribution in [2.75, 3.05) is 17.7 Å². The topological polar surface area (TPSA) is 72.4 Å². The second-order valence-corrected chi connectivity index (χ2v) is 4.56. The highest BCUT2D eigenvalue weighted by molar-refractivity contribution is 9.10. The Bertz CT molecular complexity index is 395. The van der Waals surface area contributed by atoms with Crippen molar-refractivity contribution in [1.29, 1.82) is 0 Å². The van der Waals surface area contributed by atoms with Gasteiger partial charge in [0.2, 0.25) is 5.91 Å². The van der Waals surface area contributed by atoms with E-state index in [-0.39, 0.29) is 11.9 Å². The van der Waals surface area contributed by atoms with Crippen LogP contribution in [-0.2, 0) is 4.79 Å². The highest BCUT2D eigenvalue weighted by atomic mass is 79.9. The number of anilines is 2. The van der Waals surface area contributed by atoms with Crippen LogP contribution in [0.25, 0.3) is 0 Å². The van der Waals surface area contributed by atoms with Crippen molar-refractivity contribution in [3.05, 3.63) is 22.7 Å². The fourth-order valence-electron chi connectivity index (χ4n) is 1.68. The molecule has 1 rings (SSSR count). The number of nitrogens with two attached hydrogens (primary N) is 2. The Hall–Kier alpha value is -1.23. The molecule has 1 atom stereocenters. The van der Waals surface area contributed by atoms with E-state index in [4.69, 9.17) is 11.5 Å². The number of carbonyl (C=O) groups is 1. The van der Waals surface area contributed by atoms with Gasteiger partial charge in [-0.2, -0.15) is 0 Å². The van der Waals surface area contributed by atoms with Gasteiger partial charge in [-0.15, -0.1) is 0 Å². The molecule has 16 heavy (non-hydrogen) atoms. The summed E-state index contributed by atoms with van der Waals surface area (Å²) in [5.74, 6) is -0.340. The summed E-state index contributed by atoms with van der Waals surface area (Å²) in [4.78, 5) is 13.1. The third-order valence-corrected chi connectivity index (χ3v) is 3.05. The van der Waals surface area contributed by atoms with E-state index >= 15 is 0 Å². The standard InChI is InChI=1S/C11H16BrN3O/c1-3-9(11(14)16)15(2)10-5-4-7(12)6-8(10)13/h4-6,9H,3,13H2,1-2H3,(H2,14,16). The predicted molar refractivity (Wildman–Crippen MR) is 70.2 cm³/mol. The number of nitrogens with zero attached hydrogens (tertiary/aromatic N) is 1. The molecule has 1 amide bonds. The molecule has 0 aliphatic heterocycles. The normalized spacial score (nSPS) is 12.2. The Morgan fingerprint density at radius 1 is 1.56 bits per heavy atom. The lowest BCUT2D eigenvalue weighted by atomic mass is 10.1. The van der Waals surface area contributed by atoms with Crippen LogP contribution < -0.4 is 16.4 Å². The highest BCUT2D eigenvalue weighted by Gasteiger charge is 2.20. The van der Waals surface area contributed by atoms with Crippen LogP contribution in [0.1, 0.15) is 13.3 Å². The maximum Gasteiger partial charge on any atom is 0.240 e. The van der Waals surface area contributed by atoms with Crippen LogP contribution in [0.3, 0.4) is 0 Å². The van der Waals surface area contributed by atoms with Crippen molar-refractivity contribution in [3.8, 4) is 0 Å². The Labute approximate surface area is 104 Å². The van der Waals surface area contributed by atoms with E-state index in [9.17, 15) is 4.79 Å². The van der Waals surface area contributed by atoms with Gasteiger partial charge in [0, 0.05) is 11.5 Å². The lowest BCUT2D eigenvalue weighted by molar-refractivity contribution is -0.119. The Balaban J connectivity index is 3.03. The highest BCUT2D eigenvalue weighted by Crippen LogP contribution is 2.27. The lowest BCUT2D eigenvalue weighted by Crippen LogP contribution is -2.42. The molecule has 0 saturated carbocycles. The molecule has 0 fully saturated rings. The van der Waals surface area contributed by atoms with Crippen LogP contribution in [-0.4, -0.2) is 19.0 Å². The van der Waals surface area contributed by atoms with E-state index in [0.717, 1.165) is 10.2 Å². The van der Waals surface area contributed by atoms with E-state index in [1.165, 1.54) is 0 Å². The summed E-state index contributed by atoms with van der Waals surface area (Å²) in [7, 11) is 1.82. The second kappa shape index (κ2) is 5.21. The number of likely N-dealkylation sites (N-methyl/N-ethyl adjacent to an activating group) is 1. The van der Waals surface area contributed by atoms with Gasteiger partial charge in [-0.1, -0.05) is 22.9 Å². The summed E-state index contributed by atoms with van der Waals surface area (Å²) in [6, 6.07) is 5.23. The van der Waals surface area contributed by atoms with Gasteiger partial charge >= 0.3 is 0 Å². The van der Waals surface area contributed by atoms with Crippen LogP contribution in [0.4, 0.5) is 11.4 Å². The molecule has 0 radical (unpaired) electrons. The monoisotopic (exact) mass is 285 g/mol. The third-order valence-electron chi connectivity index (χ3n) is 2.55. The summed E-state index contributed by atoms with van der Waals surface area (Å²) >= 11 is 3.34. The molecule has 0 aliphatic carbocycles. The number of hydrogen-bond acceptors (Lipinski definition) is 3. The first-order chi connectivity index (χ1) is 7.47. The first kappa shape index (κ1) is 12.8. The molecular formula is C11H16BrN3O. The number of halogens is 1. The zero-order chi connectivity index (χ0) is 12.3. The molecule has 4 nitrogen and oxygen atoms in total. The van der Waals surface area contributed by atoms with E-state index in [1.807, 2.05) is 31.0 Å². The SMILES string of the molecule is CCC(C(N)=O)N(C)c1ccc(Br)cc1N. The van der Waals surface area contributed by atoms with Crippen LogP contribution in [0.2, 0.25) is 0 Å².